The lowest BCUT2D eigenvalue weighted by Gasteiger charge is -2.19. The van der Waals surface area contributed by atoms with Crippen LogP contribution in [0.15, 0.2) is 48.5 Å². The van der Waals surface area contributed by atoms with Crippen molar-refractivity contribution in [1.82, 2.24) is 5.32 Å². The van der Waals surface area contributed by atoms with Gasteiger partial charge in [-0.2, -0.15) is 11.8 Å². The summed E-state index contributed by atoms with van der Waals surface area (Å²) in [4.78, 5) is 12.4. The predicted octanol–water partition coefficient (Wildman–Crippen LogP) is 3.94. The number of carbonyl (C=O) groups excluding carboxylic acids is 1. The SMILES string of the molecule is CC[C@H](Oc1ccc(N(C)S(C)(=O)=O)cc1)C(=O)NCCSCc1cccc(Cl)c1. The lowest BCUT2D eigenvalue weighted by atomic mass is 10.2. The van der Waals surface area contributed by atoms with Crippen molar-refractivity contribution in [2.24, 2.45) is 0 Å². The third-order valence-corrected chi connectivity index (χ3v) is 6.81. The van der Waals surface area contributed by atoms with Crippen LogP contribution in [0.5, 0.6) is 5.75 Å². The Morgan fingerprint density at radius 2 is 1.93 bits per heavy atom. The minimum absolute atomic E-state index is 0.168. The molecule has 0 heterocycles. The average molecular weight is 471 g/mol. The Bertz CT molecular complexity index is 936. The van der Waals surface area contributed by atoms with Crippen LogP contribution in [0.3, 0.4) is 0 Å². The standard InChI is InChI=1S/C21H27ClN2O4S2/c1-4-20(28-19-10-8-18(9-11-19)24(2)30(3,26)27)21(25)23-12-13-29-15-16-6-5-7-17(22)14-16/h5-11,14,20H,4,12-13,15H2,1-3H3,(H,23,25)/t20-/m0/s1. The molecule has 164 valence electrons. The van der Waals surface area contributed by atoms with E-state index in [4.69, 9.17) is 16.3 Å². The monoisotopic (exact) mass is 470 g/mol. The van der Waals surface area contributed by atoms with E-state index in [1.807, 2.05) is 31.2 Å². The van der Waals surface area contributed by atoms with Gasteiger partial charge < -0.3 is 10.1 Å². The number of hydrogen-bond acceptors (Lipinski definition) is 5. The molecule has 0 bridgehead atoms. The fraction of sp³-hybridized carbons (Fsp3) is 0.381. The lowest BCUT2D eigenvalue weighted by Crippen LogP contribution is -2.39. The second kappa shape index (κ2) is 11.5. The van der Waals surface area contributed by atoms with Gasteiger partial charge >= 0.3 is 0 Å². The van der Waals surface area contributed by atoms with Gasteiger partial charge in [0, 0.05) is 30.1 Å². The third kappa shape index (κ3) is 7.74. The van der Waals surface area contributed by atoms with Crippen molar-refractivity contribution in [2.75, 3.05) is 29.9 Å². The normalized spacial score (nSPS) is 12.3. The maximum Gasteiger partial charge on any atom is 0.261 e. The summed E-state index contributed by atoms with van der Waals surface area (Å²) in [6.45, 7) is 2.42. The highest BCUT2D eigenvalue weighted by molar-refractivity contribution is 7.98. The molecule has 0 spiro atoms. The number of ether oxygens (including phenoxy) is 1. The van der Waals surface area contributed by atoms with Gasteiger partial charge in [0.05, 0.1) is 11.9 Å². The van der Waals surface area contributed by atoms with Crippen molar-refractivity contribution in [1.29, 1.82) is 0 Å². The van der Waals surface area contributed by atoms with E-state index in [0.29, 0.717) is 24.4 Å². The van der Waals surface area contributed by atoms with Gasteiger partial charge in [0.1, 0.15) is 5.75 Å². The van der Waals surface area contributed by atoms with Gasteiger partial charge in [-0.1, -0.05) is 30.7 Å². The molecule has 0 aliphatic heterocycles. The van der Waals surface area contributed by atoms with Crippen LogP contribution in [0.2, 0.25) is 5.02 Å². The van der Waals surface area contributed by atoms with Crippen molar-refractivity contribution in [2.45, 2.75) is 25.2 Å². The molecule has 0 saturated carbocycles. The van der Waals surface area contributed by atoms with Crippen LogP contribution in [-0.2, 0) is 20.6 Å². The van der Waals surface area contributed by atoms with Gasteiger partial charge in [0.15, 0.2) is 6.10 Å². The first kappa shape index (κ1) is 24.4. The molecular weight excluding hydrogens is 444 g/mol. The molecule has 2 aromatic carbocycles. The topological polar surface area (TPSA) is 75.7 Å². The summed E-state index contributed by atoms with van der Waals surface area (Å²) >= 11 is 7.70. The van der Waals surface area contributed by atoms with Crippen LogP contribution in [0, 0.1) is 0 Å². The van der Waals surface area contributed by atoms with Gasteiger partial charge in [-0.15, -0.1) is 0 Å². The number of rotatable bonds is 11. The number of hydrogen-bond donors (Lipinski definition) is 1. The minimum Gasteiger partial charge on any atom is -0.481 e. The van der Waals surface area contributed by atoms with E-state index >= 15 is 0 Å². The summed E-state index contributed by atoms with van der Waals surface area (Å²) < 4.78 is 30.2. The molecule has 2 aromatic rings. The van der Waals surface area contributed by atoms with E-state index in [9.17, 15) is 13.2 Å². The number of sulfonamides is 1. The molecule has 0 unspecified atom stereocenters. The first-order valence-electron chi connectivity index (χ1n) is 9.51. The summed E-state index contributed by atoms with van der Waals surface area (Å²) in [5, 5.41) is 3.63. The molecule has 0 fully saturated rings. The molecule has 30 heavy (non-hydrogen) atoms. The largest absolute Gasteiger partial charge is 0.481 e. The van der Waals surface area contributed by atoms with Crippen LogP contribution < -0.4 is 14.4 Å². The summed E-state index contributed by atoms with van der Waals surface area (Å²) in [5.74, 6) is 1.95. The van der Waals surface area contributed by atoms with Crippen LogP contribution in [0.4, 0.5) is 5.69 Å². The average Bonchev–Trinajstić information content (AvgIpc) is 2.71. The van der Waals surface area contributed by atoms with Gasteiger partial charge in [-0.3, -0.25) is 9.10 Å². The highest BCUT2D eigenvalue weighted by Crippen LogP contribution is 2.21. The Hall–Kier alpha value is -1.90. The summed E-state index contributed by atoms with van der Waals surface area (Å²) in [6.07, 6.45) is 1.05. The molecule has 0 saturated heterocycles. The molecule has 1 N–H and O–H groups in total. The number of nitrogens with one attached hydrogen (secondary N) is 1. The Morgan fingerprint density at radius 3 is 2.53 bits per heavy atom. The van der Waals surface area contributed by atoms with E-state index in [1.165, 1.54) is 11.4 Å². The molecule has 0 aliphatic carbocycles. The first-order chi connectivity index (χ1) is 14.2. The minimum atomic E-state index is -3.33. The maximum atomic E-state index is 12.4. The van der Waals surface area contributed by atoms with Gasteiger partial charge in [0.25, 0.3) is 5.91 Å². The van der Waals surface area contributed by atoms with E-state index in [-0.39, 0.29) is 5.91 Å². The van der Waals surface area contributed by atoms with E-state index < -0.39 is 16.1 Å². The maximum absolute atomic E-state index is 12.4. The molecule has 1 amide bonds. The van der Waals surface area contributed by atoms with E-state index in [2.05, 4.69) is 5.32 Å². The van der Waals surface area contributed by atoms with Crippen molar-refractivity contribution in [3.8, 4) is 5.75 Å². The number of benzene rings is 2. The number of nitrogens with zero attached hydrogens (tertiary/aromatic N) is 1. The molecule has 0 aromatic heterocycles. The zero-order valence-corrected chi connectivity index (χ0v) is 19.7. The first-order valence-corrected chi connectivity index (χ1v) is 12.9. The van der Waals surface area contributed by atoms with Crippen molar-refractivity contribution < 1.29 is 17.9 Å². The summed E-state index contributed by atoms with van der Waals surface area (Å²) in [7, 11) is -1.84. The predicted molar refractivity (Wildman–Crippen MR) is 125 cm³/mol. The molecule has 2 rings (SSSR count). The number of thioether (sulfide) groups is 1. The smallest absolute Gasteiger partial charge is 0.261 e. The second-order valence-electron chi connectivity index (χ2n) is 6.71. The Labute approximate surface area is 188 Å². The zero-order chi connectivity index (χ0) is 22.1. The van der Waals surface area contributed by atoms with Crippen molar-refractivity contribution in [3.05, 3.63) is 59.1 Å². The van der Waals surface area contributed by atoms with Crippen molar-refractivity contribution >= 4 is 45.0 Å². The van der Waals surface area contributed by atoms with Gasteiger partial charge in [0.2, 0.25) is 10.0 Å². The van der Waals surface area contributed by atoms with Crippen molar-refractivity contribution in [3.63, 3.8) is 0 Å². The van der Waals surface area contributed by atoms with E-state index in [1.54, 1.807) is 36.0 Å². The lowest BCUT2D eigenvalue weighted by molar-refractivity contribution is -0.127. The molecule has 1 atom stereocenters. The Kier molecular flexibility index (Phi) is 9.33. The quantitative estimate of drug-likeness (QED) is 0.503. The van der Waals surface area contributed by atoms with Crippen LogP contribution in [0.1, 0.15) is 18.9 Å². The summed E-state index contributed by atoms with van der Waals surface area (Å²) in [6, 6.07) is 14.3. The fourth-order valence-corrected chi connectivity index (χ4v) is 4.11. The third-order valence-electron chi connectivity index (χ3n) is 4.34. The molecule has 0 aliphatic rings. The number of anilines is 1. The highest BCUT2D eigenvalue weighted by atomic mass is 35.5. The number of carbonyl (C=O) groups is 1. The van der Waals surface area contributed by atoms with Gasteiger partial charge in [-0.05, 0) is 48.4 Å². The van der Waals surface area contributed by atoms with E-state index in [0.717, 1.165) is 28.3 Å². The number of halogens is 1. The molecule has 0 radical (unpaired) electrons. The Balaban J connectivity index is 1.79. The summed E-state index contributed by atoms with van der Waals surface area (Å²) in [5.41, 5.74) is 1.68. The number of amides is 1. The zero-order valence-electron chi connectivity index (χ0n) is 17.3. The van der Waals surface area contributed by atoms with Crippen LogP contribution >= 0.6 is 23.4 Å². The fourth-order valence-electron chi connectivity index (χ4n) is 2.59. The highest BCUT2D eigenvalue weighted by Gasteiger charge is 2.18. The molecule has 6 nitrogen and oxygen atoms in total. The molecular formula is C21H27ClN2O4S2. The van der Waals surface area contributed by atoms with Gasteiger partial charge in [-0.25, -0.2) is 8.42 Å². The van der Waals surface area contributed by atoms with Crippen LogP contribution in [-0.4, -0.2) is 46.0 Å². The second-order valence-corrected chi connectivity index (χ2v) is 10.3. The molecule has 9 heteroatoms. The Morgan fingerprint density at radius 1 is 1.23 bits per heavy atom. The van der Waals surface area contributed by atoms with Crippen LogP contribution in [0.25, 0.3) is 0 Å².